The number of hydrogen-bond donors (Lipinski definition) is 2. The van der Waals surface area contributed by atoms with Crippen molar-refractivity contribution in [3.8, 4) is 0 Å². The van der Waals surface area contributed by atoms with Crippen molar-refractivity contribution in [3.63, 3.8) is 0 Å². The van der Waals surface area contributed by atoms with E-state index in [2.05, 4.69) is 5.32 Å². The van der Waals surface area contributed by atoms with Crippen molar-refractivity contribution >= 4 is 11.9 Å². The molecule has 1 heterocycles. The molecule has 2 rings (SSSR count). The quantitative estimate of drug-likeness (QED) is 0.773. The van der Waals surface area contributed by atoms with E-state index >= 15 is 0 Å². The molecule has 0 spiro atoms. The molecule has 0 aliphatic heterocycles. The second-order valence-electron chi connectivity index (χ2n) is 4.01. The van der Waals surface area contributed by atoms with Gasteiger partial charge in [-0.15, -0.1) is 0 Å². The van der Waals surface area contributed by atoms with Gasteiger partial charge in [0.1, 0.15) is 6.04 Å². The number of rotatable bonds is 5. The number of carbonyl (C=O) groups is 2. The molecular weight excluding hydrogens is 210 g/mol. The molecule has 5 heteroatoms. The molecular formula is C11H13NO4. The van der Waals surface area contributed by atoms with Crippen LogP contribution in [-0.4, -0.2) is 23.0 Å². The van der Waals surface area contributed by atoms with E-state index in [0.717, 1.165) is 18.4 Å². The fourth-order valence-corrected chi connectivity index (χ4v) is 1.48. The summed E-state index contributed by atoms with van der Waals surface area (Å²) < 4.78 is 4.85. The molecule has 1 saturated carbocycles. The van der Waals surface area contributed by atoms with Gasteiger partial charge in [0.15, 0.2) is 0 Å². The van der Waals surface area contributed by atoms with E-state index < -0.39 is 12.0 Å². The topological polar surface area (TPSA) is 79.5 Å². The molecule has 0 radical (unpaired) electrons. The molecule has 0 saturated heterocycles. The Morgan fingerprint density at radius 2 is 2.31 bits per heavy atom. The van der Waals surface area contributed by atoms with Gasteiger partial charge in [-0.25, -0.2) is 4.79 Å². The van der Waals surface area contributed by atoms with E-state index in [1.807, 2.05) is 0 Å². The zero-order chi connectivity index (χ0) is 11.5. The third-order valence-electron chi connectivity index (χ3n) is 2.58. The molecule has 1 fully saturated rings. The number of amides is 1. The normalized spacial score (nSPS) is 16.8. The van der Waals surface area contributed by atoms with E-state index in [1.165, 1.54) is 12.5 Å². The van der Waals surface area contributed by atoms with Crippen molar-refractivity contribution in [1.29, 1.82) is 0 Å². The van der Waals surface area contributed by atoms with E-state index in [0.29, 0.717) is 0 Å². The van der Waals surface area contributed by atoms with Gasteiger partial charge in [0.25, 0.3) is 0 Å². The highest BCUT2D eigenvalue weighted by molar-refractivity contribution is 5.86. The van der Waals surface area contributed by atoms with Crippen LogP contribution >= 0.6 is 0 Å². The van der Waals surface area contributed by atoms with Crippen LogP contribution in [0.4, 0.5) is 0 Å². The summed E-state index contributed by atoms with van der Waals surface area (Å²) >= 11 is 0. The highest BCUT2D eigenvalue weighted by Crippen LogP contribution is 2.28. The van der Waals surface area contributed by atoms with Crippen LogP contribution in [0, 0.1) is 5.92 Å². The van der Waals surface area contributed by atoms with E-state index in [1.54, 1.807) is 6.07 Å². The number of hydrogen-bond acceptors (Lipinski definition) is 3. The first kappa shape index (κ1) is 10.7. The van der Waals surface area contributed by atoms with Gasteiger partial charge in [-0.2, -0.15) is 0 Å². The summed E-state index contributed by atoms with van der Waals surface area (Å²) in [7, 11) is 0. The van der Waals surface area contributed by atoms with Crippen molar-refractivity contribution in [1.82, 2.24) is 5.32 Å². The molecule has 5 nitrogen and oxygen atoms in total. The predicted molar refractivity (Wildman–Crippen MR) is 54.7 cm³/mol. The monoisotopic (exact) mass is 223 g/mol. The standard InChI is InChI=1S/C11H13NO4/c13-10(8-1-2-8)12-9(11(14)15)5-7-3-4-16-6-7/h3-4,6,8-9H,1-2,5H2,(H,12,13)(H,14,15). The number of carboxylic acid groups (broad SMARTS) is 1. The number of aliphatic carboxylic acids is 1. The van der Waals surface area contributed by atoms with Crippen LogP contribution in [0.25, 0.3) is 0 Å². The molecule has 1 atom stereocenters. The highest BCUT2D eigenvalue weighted by Gasteiger charge is 2.32. The Hall–Kier alpha value is -1.78. The lowest BCUT2D eigenvalue weighted by atomic mass is 10.1. The van der Waals surface area contributed by atoms with Gasteiger partial charge >= 0.3 is 5.97 Å². The van der Waals surface area contributed by atoms with E-state index in [9.17, 15) is 9.59 Å². The number of furan rings is 1. The van der Waals surface area contributed by atoms with Gasteiger partial charge in [0.2, 0.25) is 5.91 Å². The predicted octanol–water partition coefficient (Wildman–Crippen LogP) is 0.801. The van der Waals surface area contributed by atoms with E-state index in [-0.39, 0.29) is 18.2 Å². The fourth-order valence-electron chi connectivity index (χ4n) is 1.48. The zero-order valence-electron chi connectivity index (χ0n) is 8.68. The van der Waals surface area contributed by atoms with Crippen molar-refractivity contribution in [2.45, 2.75) is 25.3 Å². The highest BCUT2D eigenvalue weighted by atomic mass is 16.4. The van der Waals surface area contributed by atoms with Gasteiger partial charge in [0.05, 0.1) is 12.5 Å². The summed E-state index contributed by atoms with van der Waals surface area (Å²) in [6.07, 6.45) is 4.95. The minimum atomic E-state index is -1.02. The van der Waals surface area contributed by atoms with Gasteiger partial charge in [-0.3, -0.25) is 4.79 Å². The molecule has 1 aromatic rings. The number of carbonyl (C=O) groups excluding carboxylic acids is 1. The fraction of sp³-hybridized carbons (Fsp3) is 0.455. The Morgan fingerprint density at radius 3 is 2.81 bits per heavy atom. The van der Waals surface area contributed by atoms with E-state index in [4.69, 9.17) is 9.52 Å². The molecule has 1 unspecified atom stereocenters. The number of nitrogens with one attached hydrogen (secondary N) is 1. The summed E-state index contributed by atoms with van der Waals surface area (Å²) in [6, 6.07) is 0.824. The first-order chi connectivity index (χ1) is 7.66. The first-order valence-electron chi connectivity index (χ1n) is 5.21. The molecule has 1 amide bonds. The second-order valence-corrected chi connectivity index (χ2v) is 4.01. The lowest BCUT2D eigenvalue weighted by molar-refractivity contribution is -0.142. The van der Waals surface area contributed by atoms with Gasteiger partial charge in [-0.05, 0) is 24.5 Å². The van der Waals surface area contributed by atoms with Crippen molar-refractivity contribution in [2.24, 2.45) is 5.92 Å². The summed E-state index contributed by atoms with van der Waals surface area (Å²) in [6.45, 7) is 0. The smallest absolute Gasteiger partial charge is 0.326 e. The van der Waals surface area contributed by atoms with Gasteiger partial charge in [-0.1, -0.05) is 0 Å². The first-order valence-corrected chi connectivity index (χ1v) is 5.21. The van der Waals surface area contributed by atoms with Gasteiger partial charge < -0.3 is 14.8 Å². The summed E-state index contributed by atoms with van der Waals surface area (Å²) in [5, 5.41) is 11.5. The van der Waals surface area contributed by atoms with Crippen molar-refractivity contribution in [3.05, 3.63) is 24.2 Å². The van der Waals surface area contributed by atoms with Gasteiger partial charge in [0, 0.05) is 12.3 Å². The third-order valence-corrected chi connectivity index (χ3v) is 2.58. The van der Waals surface area contributed by atoms with Crippen LogP contribution in [0.2, 0.25) is 0 Å². The summed E-state index contributed by atoms with van der Waals surface area (Å²) in [5.41, 5.74) is 0.767. The average Bonchev–Trinajstić information content (AvgIpc) is 2.97. The van der Waals surface area contributed by atoms with Crippen molar-refractivity contribution < 1.29 is 19.1 Å². The maximum Gasteiger partial charge on any atom is 0.326 e. The number of carboxylic acids is 1. The Morgan fingerprint density at radius 1 is 1.56 bits per heavy atom. The second kappa shape index (κ2) is 4.38. The largest absolute Gasteiger partial charge is 0.480 e. The molecule has 1 aliphatic rings. The minimum Gasteiger partial charge on any atom is -0.480 e. The maximum absolute atomic E-state index is 11.5. The average molecular weight is 223 g/mol. The summed E-state index contributed by atoms with van der Waals surface area (Å²) in [4.78, 5) is 22.4. The molecule has 0 bridgehead atoms. The molecule has 0 aromatic carbocycles. The van der Waals surface area contributed by atoms with Crippen LogP contribution in [0.15, 0.2) is 23.0 Å². The van der Waals surface area contributed by atoms with Crippen molar-refractivity contribution in [2.75, 3.05) is 0 Å². The third kappa shape index (κ3) is 2.62. The molecule has 1 aliphatic carbocycles. The molecule has 2 N–H and O–H groups in total. The lowest BCUT2D eigenvalue weighted by Gasteiger charge is -2.13. The SMILES string of the molecule is O=C(NC(Cc1ccoc1)C(=O)O)C1CC1. The molecule has 16 heavy (non-hydrogen) atoms. The van der Waals surface area contributed by atoms with Crippen LogP contribution in [0.5, 0.6) is 0 Å². The Kier molecular flexibility index (Phi) is 2.94. The Bertz CT molecular complexity index is 381. The van der Waals surface area contributed by atoms with Crippen LogP contribution in [0.3, 0.4) is 0 Å². The van der Waals surface area contributed by atoms with Crippen LogP contribution < -0.4 is 5.32 Å². The minimum absolute atomic E-state index is 0.0196. The van der Waals surface area contributed by atoms with Crippen LogP contribution in [-0.2, 0) is 16.0 Å². The Balaban J connectivity index is 1.94. The zero-order valence-corrected chi connectivity index (χ0v) is 8.68. The summed E-state index contributed by atoms with van der Waals surface area (Å²) in [5.74, 6) is -1.16. The molecule has 86 valence electrons. The molecule has 1 aromatic heterocycles. The maximum atomic E-state index is 11.5. The lowest BCUT2D eigenvalue weighted by Crippen LogP contribution is -2.42. The van der Waals surface area contributed by atoms with Crippen LogP contribution in [0.1, 0.15) is 18.4 Å². The Labute approximate surface area is 92.4 Å².